The van der Waals surface area contributed by atoms with Gasteiger partial charge in [-0.1, -0.05) is 19.4 Å². The maximum atomic E-state index is 6.00. The quantitative estimate of drug-likeness (QED) is 0.454. The highest BCUT2D eigenvalue weighted by Gasteiger charge is 2.27. The van der Waals surface area contributed by atoms with Crippen LogP contribution in [-0.4, -0.2) is 68.5 Å². The second-order valence-electron chi connectivity index (χ2n) is 10.3. The molecule has 2 saturated heterocycles. The third-order valence-corrected chi connectivity index (χ3v) is 7.81. The summed E-state index contributed by atoms with van der Waals surface area (Å²) in [5.41, 5.74) is 12.1. The molecule has 0 bridgehead atoms. The molecule has 0 spiro atoms. The summed E-state index contributed by atoms with van der Waals surface area (Å²) in [4.78, 5) is 16.6. The summed E-state index contributed by atoms with van der Waals surface area (Å²) in [7, 11) is 0. The number of ether oxygens (including phenoxy) is 1. The first kappa shape index (κ1) is 24.9. The number of nitrogen functional groups attached to an aromatic ring is 1. The number of aryl methyl sites for hydroxylation is 2. The Morgan fingerprint density at radius 3 is 2.61 bits per heavy atom. The lowest BCUT2D eigenvalue weighted by Crippen LogP contribution is -2.43. The first-order valence-corrected chi connectivity index (χ1v) is 13.5. The van der Waals surface area contributed by atoms with E-state index < -0.39 is 0 Å². The zero-order valence-electron chi connectivity index (χ0n) is 22.0. The number of unbranched alkanes of at least 4 members (excludes halogenated alkanes) is 1. The van der Waals surface area contributed by atoms with Crippen LogP contribution >= 0.6 is 0 Å². The fourth-order valence-electron chi connectivity index (χ4n) is 5.67. The van der Waals surface area contributed by atoms with E-state index in [1.807, 2.05) is 11.6 Å². The maximum absolute atomic E-state index is 6.00. The van der Waals surface area contributed by atoms with Gasteiger partial charge in [0.25, 0.3) is 0 Å². The van der Waals surface area contributed by atoms with E-state index >= 15 is 0 Å². The lowest BCUT2D eigenvalue weighted by molar-refractivity contribution is 0.0251. The highest BCUT2D eigenvalue weighted by molar-refractivity contribution is 5.88. The number of fused-ring (bicyclic) bond motifs is 1. The molecule has 0 radical (unpaired) electrons. The van der Waals surface area contributed by atoms with E-state index in [1.165, 1.54) is 49.9 Å². The summed E-state index contributed by atoms with van der Waals surface area (Å²) in [5, 5.41) is 8.22. The molecule has 0 atom stereocenters. The Kier molecular flexibility index (Phi) is 7.67. The van der Waals surface area contributed by atoms with Crippen LogP contribution in [0.3, 0.4) is 0 Å². The summed E-state index contributed by atoms with van der Waals surface area (Å²) < 4.78 is 7.52. The Morgan fingerprint density at radius 1 is 1.11 bits per heavy atom. The predicted molar refractivity (Wildman–Crippen MR) is 143 cm³/mol. The normalized spacial score (nSPS) is 18.2. The molecule has 2 aliphatic heterocycles. The molecule has 3 aromatic heterocycles. The molecule has 0 saturated carbocycles. The van der Waals surface area contributed by atoms with Gasteiger partial charge < -0.3 is 20.7 Å². The van der Waals surface area contributed by atoms with E-state index in [0.717, 1.165) is 60.8 Å². The molecule has 9 nitrogen and oxygen atoms in total. The Bertz CT molecular complexity index is 1180. The van der Waals surface area contributed by atoms with Crippen LogP contribution in [0.5, 0.6) is 0 Å². The van der Waals surface area contributed by atoms with Crippen molar-refractivity contribution in [1.29, 1.82) is 0 Å². The second-order valence-corrected chi connectivity index (χ2v) is 10.3. The number of nitrogens with one attached hydrogen (secondary N) is 1. The van der Waals surface area contributed by atoms with E-state index in [1.54, 1.807) is 0 Å². The van der Waals surface area contributed by atoms with Crippen LogP contribution in [0, 0.1) is 13.8 Å². The van der Waals surface area contributed by atoms with Crippen molar-refractivity contribution in [2.24, 2.45) is 0 Å². The zero-order valence-corrected chi connectivity index (χ0v) is 22.0. The average Bonchev–Trinajstić information content (AvgIpc) is 3.20. The fourth-order valence-corrected chi connectivity index (χ4v) is 5.67. The number of pyridine rings is 1. The molecule has 0 aromatic carbocycles. The van der Waals surface area contributed by atoms with Crippen LogP contribution in [-0.2, 0) is 11.3 Å². The standard InChI is InChI=1S/C27H40N8O/c1-4-5-10-29-26-25-24(31-27(28)32-26)19(3)33-35(25)17-23-18(2)15-21(16-30-23)20-6-11-34(12-7-20)22-8-13-36-14-9-22/h15-16,20,22H,4-14,17H2,1-3H3,(H3,28,29,31,32). The lowest BCUT2D eigenvalue weighted by Gasteiger charge is -2.39. The first-order chi connectivity index (χ1) is 17.5. The fraction of sp³-hybridized carbons (Fsp3) is 0.630. The van der Waals surface area contributed by atoms with Gasteiger partial charge in [-0.05, 0) is 76.1 Å². The minimum absolute atomic E-state index is 0.269. The minimum Gasteiger partial charge on any atom is -0.381 e. The molecular formula is C27H40N8O. The van der Waals surface area contributed by atoms with Crippen molar-refractivity contribution < 1.29 is 4.74 Å². The third-order valence-electron chi connectivity index (χ3n) is 7.81. The smallest absolute Gasteiger partial charge is 0.222 e. The summed E-state index contributed by atoms with van der Waals surface area (Å²) in [5.74, 6) is 1.60. The largest absolute Gasteiger partial charge is 0.381 e. The van der Waals surface area contributed by atoms with Gasteiger partial charge in [-0.15, -0.1) is 0 Å². The third kappa shape index (κ3) is 5.32. The van der Waals surface area contributed by atoms with E-state index in [2.05, 4.69) is 46.3 Å². The molecule has 194 valence electrons. The Labute approximate surface area is 213 Å². The molecule has 36 heavy (non-hydrogen) atoms. The Hall–Kier alpha value is -2.78. The average molecular weight is 493 g/mol. The summed E-state index contributed by atoms with van der Waals surface area (Å²) in [6.45, 7) is 11.9. The van der Waals surface area contributed by atoms with E-state index in [4.69, 9.17) is 20.6 Å². The van der Waals surface area contributed by atoms with Gasteiger partial charge in [0, 0.05) is 32.0 Å². The van der Waals surface area contributed by atoms with Crippen molar-refractivity contribution in [2.45, 2.75) is 77.8 Å². The highest BCUT2D eigenvalue weighted by atomic mass is 16.5. The van der Waals surface area contributed by atoms with Gasteiger partial charge in [0.2, 0.25) is 5.95 Å². The molecule has 3 aromatic rings. The molecule has 0 unspecified atom stereocenters. The van der Waals surface area contributed by atoms with Crippen LogP contribution in [0.15, 0.2) is 12.3 Å². The van der Waals surface area contributed by atoms with Crippen LogP contribution in [0.25, 0.3) is 11.0 Å². The van der Waals surface area contributed by atoms with Gasteiger partial charge in [-0.2, -0.15) is 10.1 Å². The SMILES string of the molecule is CCCCNc1nc(N)nc2c(C)nn(Cc3ncc(C4CCN(C5CCOCC5)CC4)cc3C)c12. The van der Waals surface area contributed by atoms with Crippen LogP contribution in [0.2, 0.25) is 0 Å². The molecular weight excluding hydrogens is 452 g/mol. The van der Waals surface area contributed by atoms with Crippen molar-refractivity contribution in [2.75, 3.05) is 43.9 Å². The van der Waals surface area contributed by atoms with E-state index in [0.29, 0.717) is 18.5 Å². The number of hydrogen-bond acceptors (Lipinski definition) is 8. The molecule has 3 N–H and O–H groups in total. The Balaban J connectivity index is 1.31. The Morgan fingerprint density at radius 2 is 1.89 bits per heavy atom. The van der Waals surface area contributed by atoms with Crippen molar-refractivity contribution in [3.8, 4) is 0 Å². The summed E-state index contributed by atoms with van der Waals surface area (Å²) in [6, 6.07) is 3.04. The van der Waals surface area contributed by atoms with Gasteiger partial charge in [0.15, 0.2) is 5.82 Å². The molecule has 5 rings (SSSR count). The van der Waals surface area contributed by atoms with Gasteiger partial charge in [0.1, 0.15) is 11.0 Å². The number of anilines is 2. The van der Waals surface area contributed by atoms with Gasteiger partial charge >= 0.3 is 0 Å². The molecule has 2 aliphatic rings. The second kappa shape index (κ2) is 11.1. The number of piperidine rings is 1. The lowest BCUT2D eigenvalue weighted by atomic mass is 9.88. The summed E-state index contributed by atoms with van der Waals surface area (Å²) in [6.07, 6.45) is 9.01. The predicted octanol–water partition coefficient (Wildman–Crippen LogP) is 4.04. The highest BCUT2D eigenvalue weighted by Crippen LogP contribution is 2.31. The van der Waals surface area contributed by atoms with Crippen molar-refractivity contribution in [3.63, 3.8) is 0 Å². The van der Waals surface area contributed by atoms with Gasteiger partial charge in [0.05, 0.1) is 17.9 Å². The van der Waals surface area contributed by atoms with Crippen molar-refractivity contribution in [1.82, 2.24) is 29.6 Å². The summed E-state index contributed by atoms with van der Waals surface area (Å²) >= 11 is 0. The topological polar surface area (TPSA) is 107 Å². The monoisotopic (exact) mass is 492 g/mol. The number of rotatable bonds is 8. The van der Waals surface area contributed by atoms with Crippen molar-refractivity contribution in [3.05, 3.63) is 34.8 Å². The first-order valence-electron chi connectivity index (χ1n) is 13.5. The zero-order chi connectivity index (χ0) is 25.1. The van der Waals surface area contributed by atoms with E-state index in [-0.39, 0.29) is 5.95 Å². The molecule has 2 fully saturated rings. The van der Waals surface area contributed by atoms with Crippen molar-refractivity contribution >= 4 is 22.8 Å². The maximum Gasteiger partial charge on any atom is 0.222 e. The molecule has 0 aliphatic carbocycles. The molecule has 0 amide bonds. The van der Waals surface area contributed by atoms with Crippen LogP contribution in [0.4, 0.5) is 11.8 Å². The van der Waals surface area contributed by atoms with Crippen LogP contribution < -0.4 is 11.1 Å². The molecule has 9 heteroatoms. The number of hydrogen-bond donors (Lipinski definition) is 2. The van der Waals surface area contributed by atoms with Crippen LogP contribution in [0.1, 0.15) is 73.9 Å². The number of likely N-dealkylation sites (tertiary alicyclic amines) is 1. The van der Waals surface area contributed by atoms with Gasteiger partial charge in [-0.3, -0.25) is 9.67 Å². The molecule has 5 heterocycles. The van der Waals surface area contributed by atoms with E-state index in [9.17, 15) is 0 Å². The van der Waals surface area contributed by atoms with Gasteiger partial charge in [-0.25, -0.2) is 4.98 Å². The number of aromatic nitrogens is 5. The number of nitrogens with two attached hydrogens (primary N) is 1. The number of nitrogens with zero attached hydrogens (tertiary/aromatic N) is 6. The minimum atomic E-state index is 0.269.